The number of nitrogens with zero attached hydrogens (tertiary/aromatic N) is 3. The summed E-state index contributed by atoms with van der Waals surface area (Å²) in [5.41, 5.74) is 14.3. The maximum Gasteiger partial charge on any atom is 0.238 e. The molecule has 3 atom stereocenters. The smallest absolute Gasteiger partial charge is 0.238 e. The molecule has 0 spiro atoms. The Labute approximate surface area is 332 Å². The summed E-state index contributed by atoms with van der Waals surface area (Å²) in [5, 5.41) is 12.5. The number of hydrogen-bond acceptors (Lipinski definition) is 9. The van der Waals surface area contributed by atoms with E-state index >= 15 is 0 Å². The van der Waals surface area contributed by atoms with Gasteiger partial charge in [-0.05, 0) is 95.1 Å². The minimum Gasteiger partial charge on any atom is -0.489 e. The quantitative estimate of drug-likeness (QED) is 0.138. The van der Waals surface area contributed by atoms with Crippen LogP contribution in [0.4, 0.5) is 5.13 Å². The molecule has 56 heavy (non-hydrogen) atoms. The number of hydrogen-bond donors (Lipinski definition) is 2. The number of ether oxygens (including phenoxy) is 3. The molecule has 6 aromatic rings. The molecule has 0 fully saturated rings. The van der Waals surface area contributed by atoms with E-state index < -0.39 is 17.0 Å². The van der Waals surface area contributed by atoms with Crippen molar-refractivity contribution in [1.29, 1.82) is 5.26 Å². The van der Waals surface area contributed by atoms with Crippen molar-refractivity contribution in [1.82, 2.24) is 14.6 Å². The van der Waals surface area contributed by atoms with Crippen molar-refractivity contribution < 1.29 is 23.2 Å². The van der Waals surface area contributed by atoms with Crippen LogP contribution in [-0.2, 0) is 41.8 Å². The molecule has 0 bridgehead atoms. The van der Waals surface area contributed by atoms with E-state index in [1.807, 2.05) is 103 Å². The molecule has 0 saturated heterocycles. The first-order chi connectivity index (χ1) is 27.3. The van der Waals surface area contributed by atoms with Gasteiger partial charge in [0.1, 0.15) is 40.2 Å². The summed E-state index contributed by atoms with van der Waals surface area (Å²) in [6.07, 6.45) is 0.634. The van der Waals surface area contributed by atoms with Crippen LogP contribution in [0.3, 0.4) is 0 Å². The molecule has 1 amide bonds. The molecule has 1 aromatic heterocycles. The zero-order valence-electron chi connectivity index (χ0n) is 30.6. The molecule has 0 aliphatic carbocycles. The van der Waals surface area contributed by atoms with Crippen molar-refractivity contribution in [3.05, 3.63) is 154 Å². The maximum absolute atomic E-state index is 14.2. The minimum absolute atomic E-state index is 0.209. The Balaban J connectivity index is 0.953. The molecule has 2 aliphatic heterocycles. The van der Waals surface area contributed by atoms with Crippen molar-refractivity contribution in [3.8, 4) is 34.4 Å². The molecular formula is C44H39N5O5S2. The standard InChI is InChI=1S/C44H39N5O5S2/c1-28-43(55-44(46)48-28)56(51)49-25-36-23-40-39(53-27-41(54-40)34-15-17-37(18-16-34)52-26-31-5-3-2-4-6-31)22-35(36)21-38(49)42(50)47-20-19-29-7-11-32(12-8-29)33-13-9-30(24-45)10-14-33/h2-18,22-23,38,41H,19-21,25-27H2,1H3,(H2,46,48)(H,47,50). The Kier molecular flexibility index (Phi) is 10.8. The van der Waals surface area contributed by atoms with E-state index in [2.05, 4.69) is 16.4 Å². The zero-order chi connectivity index (χ0) is 38.6. The number of aromatic nitrogens is 1. The van der Waals surface area contributed by atoms with E-state index in [1.165, 1.54) is 11.3 Å². The molecule has 0 radical (unpaired) electrons. The Hall–Kier alpha value is -6.00. The van der Waals surface area contributed by atoms with Crippen LogP contribution in [0.1, 0.15) is 45.2 Å². The minimum atomic E-state index is -1.69. The van der Waals surface area contributed by atoms with E-state index in [0.29, 0.717) is 64.7 Å². The van der Waals surface area contributed by atoms with Gasteiger partial charge in [0.2, 0.25) is 5.91 Å². The summed E-state index contributed by atoms with van der Waals surface area (Å²) in [7, 11) is -1.69. The van der Waals surface area contributed by atoms with Crippen LogP contribution in [0.25, 0.3) is 11.1 Å². The average Bonchev–Trinajstić information content (AvgIpc) is 3.59. The van der Waals surface area contributed by atoms with E-state index in [9.17, 15) is 9.00 Å². The van der Waals surface area contributed by atoms with Crippen LogP contribution in [0, 0.1) is 18.3 Å². The van der Waals surface area contributed by atoms with Gasteiger partial charge in [-0.2, -0.15) is 5.26 Å². The maximum atomic E-state index is 14.2. The van der Waals surface area contributed by atoms with Crippen LogP contribution >= 0.6 is 11.3 Å². The van der Waals surface area contributed by atoms with Crippen molar-refractivity contribution >= 4 is 33.4 Å². The normalized spacial score (nSPS) is 16.6. The number of anilines is 1. The zero-order valence-corrected chi connectivity index (χ0v) is 32.3. The molecule has 5 aromatic carbocycles. The lowest BCUT2D eigenvalue weighted by Crippen LogP contribution is -2.51. The van der Waals surface area contributed by atoms with Gasteiger partial charge in [-0.1, -0.05) is 90.2 Å². The van der Waals surface area contributed by atoms with Crippen molar-refractivity contribution in [2.75, 3.05) is 18.9 Å². The predicted octanol–water partition coefficient (Wildman–Crippen LogP) is 7.47. The predicted molar refractivity (Wildman–Crippen MR) is 217 cm³/mol. The first kappa shape index (κ1) is 36.9. The monoisotopic (exact) mass is 781 g/mol. The van der Waals surface area contributed by atoms with Gasteiger partial charge in [0.15, 0.2) is 22.7 Å². The summed E-state index contributed by atoms with van der Waals surface area (Å²) >= 11 is 1.18. The second-order valence-electron chi connectivity index (χ2n) is 13.7. The summed E-state index contributed by atoms with van der Waals surface area (Å²) in [6.45, 7) is 3.26. The van der Waals surface area contributed by atoms with E-state index in [1.54, 1.807) is 23.4 Å². The van der Waals surface area contributed by atoms with Crippen LogP contribution in [0.5, 0.6) is 17.2 Å². The highest BCUT2D eigenvalue weighted by molar-refractivity contribution is 7.85. The number of nitrogen functional groups attached to an aromatic ring is 1. The highest BCUT2D eigenvalue weighted by Crippen LogP contribution is 2.42. The lowest BCUT2D eigenvalue weighted by Gasteiger charge is -2.36. The molecule has 3 N–H and O–H groups in total. The number of thiazole rings is 1. The van der Waals surface area contributed by atoms with Gasteiger partial charge in [0.05, 0.1) is 17.3 Å². The summed E-state index contributed by atoms with van der Waals surface area (Å²) in [5.74, 6) is 1.77. The molecule has 3 heterocycles. The van der Waals surface area contributed by atoms with E-state index in [4.69, 9.17) is 25.2 Å². The summed E-state index contributed by atoms with van der Waals surface area (Å²) in [6, 6.07) is 38.9. The van der Waals surface area contributed by atoms with Crippen molar-refractivity contribution in [2.45, 2.75) is 49.3 Å². The second kappa shape index (κ2) is 16.4. The molecule has 8 rings (SSSR count). The number of carbonyl (C=O) groups excluding carboxylic acids is 1. The Bertz CT molecular complexity index is 2410. The largest absolute Gasteiger partial charge is 0.489 e. The van der Waals surface area contributed by atoms with E-state index in [-0.39, 0.29) is 18.6 Å². The number of benzene rings is 5. The summed E-state index contributed by atoms with van der Waals surface area (Å²) < 4.78 is 35.2. The molecular weight excluding hydrogens is 743 g/mol. The fourth-order valence-electron chi connectivity index (χ4n) is 6.93. The number of nitrogens with one attached hydrogen (secondary N) is 1. The molecule has 0 saturated carbocycles. The molecule has 12 heteroatoms. The first-order valence-corrected chi connectivity index (χ1v) is 20.2. The summed E-state index contributed by atoms with van der Waals surface area (Å²) in [4.78, 5) is 18.2. The topological polar surface area (TPSA) is 140 Å². The SMILES string of the molecule is Cc1nc(N)sc1S(=O)N1Cc2cc3c(cc2CC1C(=O)NCCc1ccc(-c2ccc(C#N)cc2)cc1)OCC(c1ccc(OCc2ccccc2)cc1)O3. The number of carbonyl (C=O) groups is 1. The van der Waals surface area contributed by atoms with Gasteiger partial charge in [0, 0.05) is 13.1 Å². The molecule has 282 valence electrons. The number of fused-ring (bicyclic) bond motifs is 2. The van der Waals surface area contributed by atoms with Gasteiger partial charge in [-0.25, -0.2) is 13.5 Å². The third-order valence-corrected chi connectivity index (χ3v) is 12.9. The van der Waals surface area contributed by atoms with Crippen LogP contribution in [0.2, 0.25) is 0 Å². The van der Waals surface area contributed by atoms with Crippen molar-refractivity contribution in [2.24, 2.45) is 0 Å². The second-order valence-corrected chi connectivity index (χ2v) is 16.4. The number of aryl methyl sites for hydroxylation is 1. The first-order valence-electron chi connectivity index (χ1n) is 18.3. The average molecular weight is 782 g/mol. The molecule has 10 nitrogen and oxygen atoms in total. The van der Waals surface area contributed by atoms with Crippen LogP contribution in [0.15, 0.2) is 119 Å². The molecule has 2 aliphatic rings. The fourth-order valence-corrected chi connectivity index (χ4v) is 9.49. The van der Waals surface area contributed by atoms with Gasteiger partial charge >= 0.3 is 0 Å². The van der Waals surface area contributed by atoms with E-state index in [0.717, 1.165) is 44.7 Å². The Morgan fingerprint density at radius 3 is 2.38 bits per heavy atom. The number of nitriles is 1. The fraction of sp³-hybridized carbons (Fsp3) is 0.205. The third kappa shape index (κ3) is 8.16. The van der Waals surface area contributed by atoms with Gasteiger partial charge < -0.3 is 25.3 Å². The Morgan fingerprint density at radius 1 is 0.964 bits per heavy atom. The van der Waals surface area contributed by atoms with Gasteiger partial charge in [-0.15, -0.1) is 0 Å². The van der Waals surface area contributed by atoms with Crippen molar-refractivity contribution in [3.63, 3.8) is 0 Å². The number of nitrogens with two attached hydrogens (primary N) is 1. The Morgan fingerprint density at radius 2 is 1.68 bits per heavy atom. The molecule has 3 unspecified atom stereocenters. The third-order valence-electron chi connectivity index (χ3n) is 9.97. The number of amides is 1. The highest BCUT2D eigenvalue weighted by atomic mass is 32.2. The van der Waals surface area contributed by atoms with Crippen LogP contribution in [-0.4, -0.2) is 38.6 Å². The highest BCUT2D eigenvalue weighted by Gasteiger charge is 2.38. The number of rotatable bonds is 11. The lowest BCUT2D eigenvalue weighted by molar-refractivity contribution is -0.125. The van der Waals surface area contributed by atoms with Gasteiger partial charge in [0.25, 0.3) is 0 Å². The van der Waals surface area contributed by atoms with Crippen LogP contribution < -0.4 is 25.3 Å². The van der Waals surface area contributed by atoms with Gasteiger partial charge in [-0.3, -0.25) is 4.79 Å². The lowest BCUT2D eigenvalue weighted by atomic mass is 9.94.